The first-order valence-electron chi connectivity index (χ1n) is 6.83. The van der Waals surface area contributed by atoms with E-state index in [-0.39, 0.29) is 5.78 Å². The van der Waals surface area contributed by atoms with E-state index in [1.807, 2.05) is 19.9 Å². The van der Waals surface area contributed by atoms with Gasteiger partial charge in [0, 0.05) is 28.4 Å². The first-order chi connectivity index (χ1) is 10.0. The van der Waals surface area contributed by atoms with E-state index < -0.39 is 0 Å². The SMILES string of the molecule is Cc1cc(C(=O)Cc2cc(Br)cc3c2OCC3)c(C)nn1. The van der Waals surface area contributed by atoms with E-state index in [4.69, 9.17) is 4.74 Å². The lowest BCUT2D eigenvalue weighted by atomic mass is 9.99. The van der Waals surface area contributed by atoms with Crippen LogP contribution in [0.15, 0.2) is 22.7 Å². The molecule has 1 aromatic carbocycles. The van der Waals surface area contributed by atoms with Gasteiger partial charge in [0.05, 0.1) is 18.0 Å². The van der Waals surface area contributed by atoms with E-state index in [1.54, 1.807) is 6.07 Å². The molecule has 5 heteroatoms. The van der Waals surface area contributed by atoms with Gasteiger partial charge in [-0.25, -0.2) is 0 Å². The van der Waals surface area contributed by atoms with Crippen LogP contribution >= 0.6 is 15.9 Å². The Morgan fingerprint density at radius 2 is 2.10 bits per heavy atom. The number of hydrogen-bond acceptors (Lipinski definition) is 4. The van der Waals surface area contributed by atoms with Crippen molar-refractivity contribution in [3.8, 4) is 5.75 Å². The number of aromatic nitrogens is 2. The third-order valence-corrected chi connectivity index (χ3v) is 4.04. The number of fused-ring (bicyclic) bond motifs is 1. The van der Waals surface area contributed by atoms with Crippen molar-refractivity contribution in [1.29, 1.82) is 0 Å². The molecule has 3 rings (SSSR count). The van der Waals surface area contributed by atoms with Crippen molar-refractivity contribution >= 4 is 21.7 Å². The molecule has 21 heavy (non-hydrogen) atoms. The third-order valence-electron chi connectivity index (χ3n) is 3.58. The predicted octanol–water partition coefficient (Wildman–Crippen LogP) is 3.22. The summed E-state index contributed by atoms with van der Waals surface area (Å²) in [7, 11) is 0. The van der Waals surface area contributed by atoms with E-state index in [1.165, 1.54) is 0 Å². The molecule has 1 aliphatic heterocycles. The highest BCUT2D eigenvalue weighted by atomic mass is 79.9. The van der Waals surface area contributed by atoms with Gasteiger partial charge in [0.25, 0.3) is 0 Å². The van der Waals surface area contributed by atoms with Gasteiger partial charge in [-0.15, -0.1) is 0 Å². The molecule has 1 aromatic heterocycles. The Morgan fingerprint density at radius 1 is 1.29 bits per heavy atom. The summed E-state index contributed by atoms with van der Waals surface area (Å²) in [4.78, 5) is 12.6. The quantitative estimate of drug-likeness (QED) is 0.800. The molecule has 0 unspecified atom stereocenters. The molecule has 0 saturated heterocycles. The Bertz CT molecular complexity index is 728. The number of ketones is 1. The van der Waals surface area contributed by atoms with Crippen molar-refractivity contribution in [2.24, 2.45) is 0 Å². The number of nitrogens with zero attached hydrogens (tertiary/aromatic N) is 2. The number of halogens is 1. The highest BCUT2D eigenvalue weighted by Crippen LogP contribution is 2.33. The van der Waals surface area contributed by atoms with Crippen molar-refractivity contribution < 1.29 is 9.53 Å². The van der Waals surface area contributed by atoms with Crippen molar-refractivity contribution in [2.45, 2.75) is 26.7 Å². The van der Waals surface area contributed by atoms with Gasteiger partial charge < -0.3 is 4.74 Å². The van der Waals surface area contributed by atoms with E-state index in [9.17, 15) is 4.79 Å². The lowest BCUT2D eigenvalue weighted by Crippen LogP contribution is -2.09. The van der Waals surface area contributed by atoms with Crippen LogP contribution in [0.4, 0.5) is 0 Å². The molecule has 1 aliphatic rings. The minimum Gasteiger partial charge on any atom is -0.493 e. The summed E-state index contributed by atoms with van der Waals surface area (Å²) >= 11 is 3.50. The zero-order chi connectivity index (χ0) is 15.0. The second kappa shape index (κ2) is 5.56. The molecule has 2 aromatic rings. The summed E-state index contributed by atoms with van der Waals surface area (Å²) < 4.78 is 6.66. The molecule has 108 valence electrons. The summed E-state index contributed by atoms with van der Waals surface area (Å²) in [6, 6.07) is 5.81. The van der Waals surface area contributed by atoms with Crippen LogP contribution in [0.3, 0.4) is 0 Å². The van der Waals surface area contributed by atoms with E-state index in [0.29, 0.717) is 24.3 Å². The van der Waals surface area contributed by atoms with Crippen LogP contribution in [-0.2, 0) is 12.8 Å². The Balaban J connectivity index is 1.94. The van der Waals surface area contributed by atoms with Crippen LogP contribution in [-0.4, -0.2) is 22.6 Å². The Kier molecular flexibility index (Phi) is 3.76. The van der Waals surface area contributed by atoms with Gasteiger partial charge >= 0.3 is 0 Å². The minimum absolute atomic E-state index is 0.0429. The average molecular weight is 347 g/mol. The standard InChI is InChI=1S/C16H15BrN2O2/c1-9-5-14(10(2)19-18-9)15(20)8-12-7-13(17)6-11-3-4-21-16(11)12/h5-7H,3-4,8H2,1-2H3. The molecule has 0 radical (unpaired) electrons. The molecule has 0 saturated carbocycles. The van der Waals surface area contributed by atoms with E-state index >= 15 is 0 Å². The number of ether oxygens (including phenoxy) is 1. The maximum atomic E-state index is 12.6. The number of rotatable bonds is 3. The van der Waals surface area contributed by atoms with E-state index in [0.717, 1.165) is 33.5 Å². The smallest absolute Gasteiger partial charge is 0.169 e. The van der Waals surface area contributed by atoms with Gasteiger partial charge in [-0.05, 0) is 37.6 Å². The highest BCUT2D eigenvalue weighted by Gasteiger charge is 2.20. The highest BCUT2D eigenvalue weighted by molar-refractivity contribution is 9.10. The second-order valence-electron chi connectivity index (χ2n) is 5.24. The maximum absolute atomic E-state index is 12.6. The van der Waals surface area contributed by atoms with Crippen LogP contribution in [0.5, 0.6) is 5.75 Å². The summed E-state index contributed by atoms with van der Waals surface area (Å²) in [6.45, 7) is 4.33. The number of Topliss-reactive ketones (excluding diaryl/α,β-unsaturated/α-hetero) is 1. The van der Waals surface area contributed by atoms with Crippen molar-refractivity contribution in [2.75, 3.05) is 6.61 Å². The molecule has 0 bridgehead atoms. The fourth-order valence-electron chi connectivity index (χ4n) is 2.58. The Morgan fingerprint density at radius 3 is 2.90 bits per heavy atom. The molecular weight excluding hydrogens is 332 g/mol. The lowest BCUT2D eigenvalue weighted by molar-refractivity contribution is 0.0990. The van der Waals surface area contributed by atoms with Gasteiger partial charge in [0.15, 0.2) is 5.78 Å². The number of aryl methyl sites for hydroxylation is 2. The summed E-state index contributed by atoms with van der Waals surface area (Å²) in [5.41, 5.74) is 4.13. The first-order valence-corrected chi connectivity index (χ1v) is 7.62. The number of carbonyl (C=O) groups excluding carboxylic acids is 1. The summed E-state index contributed by atoms with van der Waals surface area (Å²) in [6.07, 6.45) is 1.21. The third kappa shape index (κ3) is 2.83. The van der Waals surface area contributed by atoms with Crippen molar-refractivity contribution in [3.63, 3.8) is 0 Å². The van der Waals surface area contributed by atoms with Gasteiger partial charge in [-0.2, -0.15) is 10.2 Å². The van der Waals surface area contributed by atoms with Gasteiger partial charge in [0.1, 0.15) is 5.75 Å². The molecule has 0 atom stereocenters. The van der Waals surface area contributed by atoms with Crippen molar-refractivity contribution in [1.82, 2.24) is 10.2 Å². The minimum atomic E-state index is 0.0429. The summed E-state index contributed by atoms with van der Waals surface area (Å²) in [5.74, 6) is 0.907. The molecule has 0 fully saturated rings. The molecule has 0 amide bonds. The van der Waals surface area contributed by atoms with Crippen LogP contribution in [0.1, 0.15) is 32.9 Å². The maximum Gasteiger partial charge on any atom is 0.169 e. The molecular formula is C16H15BrN2O2. The van der Waals surface area contributed by atoms with Crippen LogP contribution < -0.4 is 4.74 Å². The fraction of sp³-hybridized carbons (Fsp3) is 0.312. The number of carbonyl (C=O) groups is 1. The second-order valence-corrected chi connectivity index (χ2v) is 6.15. The van der Waals surface area contributed by atoms with Crippen LogP contribution in [0.25, 0.3) is 0 Å². The Labute approximate surface area is 131 Å². The van der Waals surface area contributed by atoms with Gasteiger partial charge in [-0.3, -0.25) is 4.79 Å². The molecule has 2 heterocycles. The largest absolute Gasteiger partial charge is 0.493 e. The van der Waals surface area contributed by atoms with Crippen LogP contribution in [0.2, 0.25) is 0 Å². The van der Waals surface area contributed by atoms with Gasteiger partial charge in [-0.1, -0.05) is 15.9 Å². The Hall–Kier alpha value is -1.75. The topological polar surface area (TPSA) is 52.1 Å². The zero-order valence-corrected chi connectivity index (χ0v) is 13.5. The average Bonchev–Trinajstić information content (AvgIpc) is 2.89. The van der Waals surface area contributed by atoms with Crippen molar-refractivity contribution in [3.05, 3.63) is 50.8 Å². The van der Waals surface area contributed by atoms with E-state index in [2.05, 4.69) is 32.2 Å². The number of benzene rings is 1. The molecule has 4 nitrogen and oxygen atoms in total. The van der Waals surface area contributed by atoms with Crippen LogP contribution in [0, 0.1) is 13.8 Å². The molecule has 0 N–H and O–H groups in total. The normalized spacial score (nSPS) is 12.9. The predicted molar refractivity (Wildman–Crippen MR) is 82.9 cm³/mol. The molecule has 0 aliphatic carbocycles. The molecule has 0 spiro atoms. The lowest BCUT2D eigenvalue weighted by Gasteiger charge is -2.09. The summed E-state index contributed by atoms with van der Waals surface area (Å²) in [5, 5.41) is 7.99. The first kappa shape index (κ1) is 14.2. The zero-order valence-electron chi connectivity index (χ0n) is 11.9. The monoisotopic (exact) mass is 346 g/mol. The number of hydrogen-bond donors (Lipinski definition) is 0. The fourth-order valence-corrected chi connectivity index (χ4v) is 3.13. The van der Waals surface area contributed by atoms with Gasteiger partial charge in [0.2, 0.25) is 0 Å².